The van der Waals surface area contributed by atoms with E-state index >= 15 is 0 Å². The van der Waals surface area contributed by atoms with Gasteiger partial charge in [-0.25, -0.2) is 0 Å². The predicted molar refractivity (Wildman–Crippen MR) is 145 cm³/mol. The van der Waals surface area contributed by atoms with Crippen molar-refractivity contribution in [2.45, 2.75) is 103 Å². The Labute approximate surface area is 232 Å². The van der Waals surface area contributed by atoms with Crippen LogP contribution in [0.5, 0.6) is 0 Å². The van der Waals surface area contributed by atoms with Gasteiger partial charge >= 0.3 is 5.97 Å². The zero-order valence-electron chi connectivity index (χ0n) is 24.0. The average Bonchev–Trinajstić information content (AvgIpc) is 3.12. The molecule has 216 valence electrons. The molecular formula is C32H46O7. The molecule has 0 aromatic rings. The molecule has 7 heteroatoms. The SMILES string of the molecule is CC(C)C(=O)OCC(=O)[C@@]1(OCC2CCCCC2)[C@H](O)CC2C3CCC4=CC(=O)C=C[C@]4(C)C3[C@@H](O)C[C@@]21C. The molecule has 5 aliphatic carbocycles. The molecule has 2 N–H and O–H groups in total. The molecule has 0 amide bonds. The standard InChI is InChI=1S/C32H46O7/c1-19(2)29(37)38-18-27(36)32(39-17-20-8-6-5-7-9-20)26(35)15-24-23-11-10-21-14-22(33)12-13-30(21,3)28(23)25(34)16-31(24,32)4/h12-14,19-20,23-26,28,34-35H,5-11,15-18H2,1-4H3/t23?,24?,25-,26+,28?,30-,31-,32-/m0/s1. The van der Waals surface area contributed by atoms with Crippen molar-refractivity contribution in [3.63, 3.8) is 0 Å². The van der Waals surface area contributed by atoms with Crippen molar-refractivity contribution in [3.8, 4) is 0 Å². The molecule has 0 heterocycles. The first kappa shape index (κ1) is 28.7. The van der Waals surface area contributed by atoms with E-state index in [0.29, 0.717) is 25.4 Å². The van der Waals surface area contributed by atoms with Crippen molar-refractivity contribution in [1.29, 1.82) is 0 Å². The zero-order chi connectivity index (χ0) is 28.2. The van der Waals surface area contributed by atoms with Crippen LogP contribution in [0.4, 0.5) is 0 Å². The number of rotatable bonds is 7. The average molecular weight is 543 g/mol. The lowest BCUT2D eigenvalue weighted by atomic mass is 9.46. The molecule has 8 atom stereocenters. The van der Waals surface area contributed by atoms with Crippen molar-refractivity contribution < 1.29 is 34.1 Å². The molecule has 0 aliphatic heterocycles. The Bertz CT molecular complexity index is 1050. The molecule has 0 aromatic carbocycles. The van der Waals surface area contributed by atoms with E-state index in [1.165, 1.54) is 6.42 Å². The van der Waals surface area contributed by atoms with Gasteiger partial charge in [0.15, 0.2) is 18.0 Å². The number of aliphatic hydroxyl groups excluding tert-OH is 2. The van der Waals surface area contributed by atoms with Crippen LogP contribution < -0.4 is 0 Å². The van der Waals surface area contributed by atoms with Crippen LogP contribution in [0.3, 0.4) is 0 Å². The third-order valence-electron chi connectivity index (χ3n) is 11.2. The van der Waals surface area contributed by atoms with Gasteiger partial charge in [0.05, 0.1) is 24.7 Å². The highest BCUT2D eigenvalue weighted by Gasteiger charge is 2.72. The second-order valence-electron chi connectivity index (χ2n) is 13.7. The number of hydrogen-bond acceptors (Lipinski definition) is 7. The van der Waals surface area contributed by atoms with Crippen LogP contribution in [-0.2, 0) is 23.9 Å². The van der Waals surface area contributed by atoms with Crippen LogP contribution in [-0.4, -0.2) is 58.8 Å². The maximum absolute atomic E-state index is 14.1. The van der Waals surface area contributed by atoms with E-state index in [1.807, 2.05) is 13.0 Å². The number of esters is 1. The minimum Gasteiger partial charge on any atom is -0.457 e. The van der Waals surface area contributed by atoms with Crippen molar-refractivity contribution in [2.75, 3.05) is 13.2 Å². The number of aliphatic hydroxyl groups is 2. The summed E-state index contributed by atoms with van der Waals surface area (Å²) in [6.45, 7) is 7.50. The Morgan fingerprint density at radius 1 is 1.10 bits per heavy atom. The quantitative estimate of drug-likeness (QED) is 0.461. The Hall–Kier alpha value is -1.83. The first-order valence-corrected chi connectivity index (χ1v) is 15.1. The Kier molecular flexibility index (Phi) is 7.75. The summed E-state index contributed by atoms with van der Waals surface area (Å²) in [7, 11) is 0. The van der Waals surface area contributed by atoms with Crippen LogP contribution in [0.2, 0.25) is 0 Å². The number of fused-ring (bicyclic) bond motifs is 5. The first-order valence-electron chi connectivity index (χ1n) is 15.1. The summed E-state index contributed by atoms with van der Waals surface area (Å²) in [6.07, 6.45) is 11.3. The Morgan fingerprint density at radius 2 is 1.82 bits per heavy atom. The third-order valence-corrected chi connectivity index (χ3v) is 11.2. The Morgan fingerprint density at radius 3 is 2.51 bits per heavy atom. The number of hydrogen-bond donors (Lipinski definition) is 2. The summed E-state index contributed by atoms with van der Waals surface area (Å²) in [6, 6.07) is 0. The van der Waals surface area contributed by atoms with Crippen molar-refractivity contribution in [1.82, 2.24) is 0 Å². The van der Waals surface area contributed by atoms with E-state index in [9.17, 15) is 24.6 Å². The van der Waals surface area contributed by atoms with E-state index in [2.05, 4.69) is 6.92 Å². The fraction of sp³-hybridized carbons (Fsp3) is 0.781. The van der Waals surface area contributed by atoms with E-state index < -0.39 is 47.0 Å². The lowest BCUT2D eigenvalue weighted by Crippen LogP contribution is -2.65. The molecule has 0 aromatic heterocycles. The lowest BCUT2D eigenvalue weighted by molar-refractivity contribution is -0.212. The highest BCUT2D eigenvalue weighted by atomic mass is 16.5. The van der Waals surface area contributed by atoms with Gasteiger partial charge in [0.2, 0.25) is 5.78 Å². The molecule has 0 radical (unpaired) electrons. The monoisotopic (exact) mass is 542 g/mol. The largest absolute Gasteiger partial charge is 0.457 e. The van der Waals surface area contributed by atoms with Crippen molar-refractivity contribution in [3.05, 3.63) is 23.8 Å². The number of ether oxygens (including phenoxy) is 2. The van der Waals surface area contributed by atoms with E-state index in [-0.39, 0.29) is 29.5 Å². The van der Waals surface area contributed by atoms with E-state index in [4.69, 9.17) is 9.47 Å². The highest BCUT2D eigenvalue weighted by Crippen LogP contribution is 2.68. The Balaban J connectivity index is 1.49. The molecule has 39 heavy (non-hydrogen) atoms. The number of ketones is 2. The van der Waals surface area contributed by atoms with Crippen LogP contribution in [0.1, 0.15) is 85.5 Å². The maximum atomic E-state index is 14.1. The summed E-state index contributed by atoms with van der Waals surface area (Å²) in [5, 5.41) is 23.6. The number of allylic oxidation sites excluding steroid dienone is 4. The second-order valence-corrected chi connectivity index (χ2v) is 13.7. The topological polar surface area (TPSA) is 110 Å². The third kappa shape index (κ3) is 4.57. The summed E-state index contributed by atoms with van der Waals surface area (Å²) >= 11 is 0. The summed E-state index contributed by atoms with van der Waals surface area (Å²) in [5.41, 5.74) is -1.75. The zero-order valence-corrected chi connectivity index (χ0v) is 24.0. The molecule has 3 unspecified atom stereocenters. The molecule has 0 saturated heterocycles. The maximum Gasteiger partial charge on any atom is 0.308 e. The second kappa shape index (κ2) is 10.5. The predicted octanol–water partition coefficient (Wildman–Crippen LogP) is 4.34. The van der Waals surface area contributed by atoms with Gasteiger partial charge in [-0.05, 0) is 68.4 Å². The molecule has 5 aliphatic rings. The lowest BCUT2D eigenvalue weighted by Gasteiger charge is -2.60. The van der Waals surface area contributed by atoms with Crippen LogP contribution in [0, 0.1) is 40.4 Å². The van der Waals surface area contributed by atoms with Crippen LogP contribution in [0.25, 0.3) is 0 Å². The minimum atomic E-state index is -1.55. The summed E-state index contributed by atoms with van der Waals surface area (Å²) < 4.78 is 12.1. The molecular weight excluding hydrogens is 496 g/mol. The molecule has 0 spiro atoms. The van der Waals surface area contributed by atoms with Gasteiger partial charge in [-0.1, -0.05) is 58.6 Å². The van der Waals surface area contributed by atoms with Crippen LogP contribution >= 0.6 is 0 Å². The highest BCUT2D eigenvalue weighted by molar-refractivity contribution is 6.01. The van der Waals surface area contributed by atoms with E-state index in [0.717, 1.165) is 44.1 Å². The van der Waals surface area contributed by atoms with Gasteiger partial charge in [-0.15, -0.1) is 0 Å². The molecule has 0 bridgehead atoms. The first-order chi connectivity index (χ1) is 18.4. The fourth-order valence-electron chi connectivity index (χ4n) is 9.18. The van der Waals surface area contributed by atoms with Gasteiger partial charge in [0.1, 0.15) is 0 Å². The van der Waals surface area contributed by atoms with Gasteiger partial charge in [-0.2, -0.15) is 0 Å². The van der Waals surface area contributed by atoms with Crippen LogP contribution in [0.15, 0.2) is 23.8 Å². The molecule has 4 fully saturated rings. The minimum absolute atomic E-state index is 0.0102. The van der Waals surface area contributed by atoms with Crippen molar-refractivity contribution >= 4 is 17.5 Å². The van der Waals surface area contributed by atoms with Crippen molar-refractivity contribution in [2.24, 2.45) is 40.4 Å². The summed E-state index contributed by atoms with van der Waals surface area (Å²) in [5.74, 6) is -1.03. The van der Waals surface area contributed by atoms with E-state index in [1.54, 1.807) is 26.0 Å². The van der Waals surface area contributed by atoms with Gasteiger partial charge < -0.3 is 19.7 Å². The molecule has 7 nitrogen and oxygen atoms in total. The summed E-state index contributed by atoms with van der Waals surface area (Å²) in [4.78, 5) is 38.6. The fourth-order valence-corrected chi connectivity index (χ4v) is 9.18. The number of Topliss-reactive ketones (excluding diaryl/α,β-unsaturated/α-hetero) is 1. The molecule has 5 rings (SSSR count). The van der Waals surface area contributed by atoms with Gasteiger partial charge in [0.25, 0.3) is 0 Å². The number of carbonyl (C=O) groups is 3. The smallest absolute Gasteiger partial charge is 0.308 e. The van der Waals surface area contributed by atoms with Gasteiger partial charge in [0, 0.05) is 16.7 Å². The van der Waals surface area contributed by atoms with Gasteiger partial charge in [-0.3, -0.25) is 14.4 Å². The normalized spacial score (nSPS) is 42.0. The molecule has 4 saturated carbocycles. The number of carbonyl (C=O) groups excluding carboxylic acids is 3.